The van der Waals surface area contributed by atoms with Gasteiger partial charge in [0.15, 0.2) is 0 Å². The van der Waals surface area contributed by atoms with Crippen molar-refractivity contribution >= 4 is 28.3 Å². The van der Waals surface area contributed by atoms with E-state index < -0.39 is 0 Å². The number of amidine groups is 1. The standard InChI is InChI=1S/C28H25FN6O2/c1-35-14-19(15-35)30-28(37)32-26-13-18-8-7-17(12-24(18)31-26)22-10-16(6-9-23(22)29)11-25-20-4-2-3-5-21(20)27(36)34-33-25/h2-10,12,19H,11,13-15H2,1H3,(H,34,36)(H2,30,31,32,37). The maximum Gasteiger partial charge on any atom is 0.320 e. The smallest absolute Gasteiger partial charge is 0.320 e. The van der Waals surface area contributed by atoms with Gasteiger partial charge in [0.1, 0.15) is 11.7 Å². The summed E-state index contributed by atoms with van der Waals surface area (Å²) < 4.78 is 14.9. The number of likely N-dealkylation sites (tertiary alicyclic amines) is 1. The second-order valence-corrected chi connectivity index (χ2v) is 9.63. The fourth-order valence-electron chi connectivity index (χ4n) is 4.97. The number of urea groups is 1. The molecule has 0 bridgehead atoms. The molecule has 0 unspecified atom stereocenters. The Bertz CT molecular complexity index is 1620. The van der Waals surface area contributed by atoms with Crippen LogP contribution >= 0.6 is 0 Å². The van der Waals surface area contributed by atoms with Gasteiger partial charge in [0.05, 0.1) is 22.8 Å². The number of carbonyl (C=O) groups excluding carboxylic acids is 1. The number of aromatic amines is 1. The zero-order valence-corrected chi connectivity index (χ0v) is 20.2. The van der Waals surface area contributed by atoms with E-state index in [1.807, 2.05) is 43.4 Å². The first kappa shape index (κ1) is 23.1. The monoisotopic (exact) mass is 496 g/mol. The summed E-state index contributed by atoms with van der Waals surface area (Å²) in [5.74, 6) is 0.232. The fourth-order valence-corrected chi connectivity index (χ4v) is 4.97. The van der Waals surface area contributed by atoms with Crippen LogP contribution in [0.3, 0.4) is 0 Å². The summed E-state index contributed by atoms with van der Waals surface area (Å²) in [6.45, 7) is 1.67. The highest BCUT2D eigenvalue weighted by Crippen LogP contribution is 2.33. The Kier molecular flexibility index (Phi) is 5.77. The van der Waals surface area contributed by atoms with Crippen molar-refractivity contribution in [3.05, 3.63) is 93.7 Å². The van der Waals surface area contributed by atoms with Gasteiger partial charge < -0.3 is 10.2 Å². The average Bonchev–Trinajstić information content (AvgIpc) is 3.27. The number of amides is 2. The van der Waals surface area contributed by atoms with E-state index >= 15 is 0 Å². The summed E-state index contributed by atoms with van der Waals surface area (Å²) in [4.78, 5) is 31.1. The zero-order valence-electron chi connectivity index (χ0n) is 20.2. The van der Waals surface area contributed by atoms with E-state index in [1.54, 1.807) is 18.2 Å². The van der Waals surface area contributed by atoms with E-state index in [-0.39, 0.29) is 23.4 Å². The van der Waals surface area contributed by atoms with E-state index in [1.165, 1.54) is 6.07 Å². The second-order valence-electron chi connectivity index (χ2n) is 9.63. The number of aliphatic imine (C=N–C) groups is 1. The Morgan fingerprint density at radius 2 is 1.92 bits per heavy atom. The zero-order chi connectivity index (χ0) is 25.5. The van der Waals surface area contributed by atoms with E-state index in [2.05, 4.69) is 30.7 Å². The molecular weight excluding hydrogens is 471 g/mol. The largest absolute Gasteiger partial charge is 0.333 e. The van der Waals surface area contributed by atoms with Gasteiger partial charge in [-0.1, -0.05) is 36.4 Å². The average molecular weight is 497 g/mol. The minimum absolute atomic E-state index is 0.153. The first-order valence-corrected chi connectivity index (χ1v) is 12.1. The number of nitrogens with zero attached hydrogens (tertiary/aromatic N) is 3. The molecule has 0 radical (unpaired) electrons. The number of rotatable bonds is 4. The number of fused-ring (bicyclic) bond motifs is 2. The first-order chi connectivity index (χ1) is 17.9. The highest BCUT2D eigenvalue weighted by atomic mass is 19.1. The van der Waals surface area contributed by atoms with Crippen molar-refractivity contribution in [2.45, 2.75) is 18.9 Å². The Morgan fingerprint density at radius 1 is 1.11 bits per heavy atom. The third-order valence-corrected chi connectivity index (χ3v) is 6.84. The van der Waals surface area contributed by atoms with Crippen LogP contribution in [0.15, 0.2) is 70.5 Å². The number of H-pyrrole nitrogens is 1. The van der Waals surface area contributed by atoms with Gasteiger partial charge in [-0.15, -0.1) is 0 Å². The molecule has 0 aliphatic carbocycles. The second kappa shape index (κ2) is 9.25. The lowest BCUT2D eigenvalue weighted by Crippen LogP contribution is -2.59. The van der Waals surface area contributed by atoms with E-state index in [0.29, 0.717) is 46.6 Å². The normalized spacial score (nSPS) is 15.2. The maximum atomic E-state index is 14.9. The molecule has 0 atom stereocenters. The summed E-state index contributed by atoms with van der Waals surface area (Å²) in [5, 5.41) is 13.9. The van der Waals surface area contributed by atoms with Crippen LogP contribution in [0, 0.1) is 5.82 Å². The quantitative estimate of drug-likeness (QED) is 0.402. The molecule has 186 valence electrons. The van der Waals surface area contributed by atoms with Crippen LogP contribution in [0.25, 0.3) is 21.9 Å². The Morgan fingerprint density at radius 3 is 2.73 bits per heavy atom. The lowest BCUT2D eigenvalue weighted by Gasteiger charge is -2.36. The molecule has 1 saturated heterocycles. The Hall–Kier alpha value is -4.37. The fraction of sp³-hybridized carbons (Fsp3) is 0.214. The SMILES string of the molecule is CN1CC(NC(=O)NC2=Nc3cc(-c4cc(Cc5n[nH]c(=O)c6ccccc56)ccc4F)ccc3C2)C1. The lowest BCUT2D eigenvalue weighted by atomic mass is 9.97. The molecule has 3 N–H and O–H groups in total. The van der Waals surface area contributed by atoms with Crippen LogP contribution in [0.5, 0.6) is 0 Å². The summed E-state index contributed by atoms with van der Waals surface area (Å²) in [6, 6.07) is 17.8. The van der Waals surface area contributed by atoms with Gasteiger partial charge in [0, 0.05) is 36.9 Å². The van der Waals surface area contributed by atoms with Crippen LogP contribution in [-0.2, 0) is 12.8 Å². The predicted octanol–water partition coefficient (Wildman–Crippen LogP) is 3.52. The molecule has 3 aromatic carbocycles. The van der Waals surface area contributed by atoms with E-state index in [0.717, 1.165) is 29.6 Å². The van der Waals surface area contributed by atoms with Crippen molar-refractivity contribution in [1.29, 1.82) is 0 Å². The molecule has 1 aromatic heterocycles. The number of hydrogen-bond donors (Lipinski definition) is 3. The number of halogens is 1. The highest BCUT2D eigenvalue weighted by molar-refractivity contribution is 6.02. The van der Waals surface area contributed by atoms with Gasteiger partial charge in [-0.05, 0) is 48.0 Å². The third-order valence-electron chi connectivity index (χ3n) is 6.84. The van der Waals surface area contributed by atoms with Crippen LogP contribution in [0.4, 0.5) is 14.9 Å². The number of benzene rings is 3. The molecule has 2 aliphatic heterocycles. The van der Waals surface area contributed by atoms with Gasteiger partial charge in [-0.25, -0.2) is 19.3 Å². The van der Waals surface area contributed by atoms with Gasteiger partial charge in [0.2, 0.25) is 0 Å². The Balaban J connectivity index is 1.23. The molecule has 6 rings (SSSR count). The number of carbonyl (C=O) groups is 1. The summed E-state index contributed by atoms with van der Waals surface area (Å²) in [6.07, 6.45) is 0.953. The molecule has 4 aromatic rings. The summed E-state index contributed by atoms with van der Waals surface area (Å²) >= 11 is 0. The van der Waals surface area contributed by atoms with Crippen LogP contribution in [-0.4, -0.2) is 53.1 Å². The van der Waals surface area contributed by atoms with Crippen LogP contribution < -0.4 is 16.2 Å². The molecule has 2 amide bonds. The molecule has 8 nitrogen and oxygen atoms in total. The van der Waals surface area contributed by atoms with Gasteiger partial charge in [-0.3, -0.25) is 10.1 Å². The Labute approximate surface area is 212 Å². The van der Waals surface area contributed by atoms with Crippen molar-refractivity contribution in [2.75, 3.05) is 20.1 Å². The van der Waals surface area contributed by atoms with Crippen LogP contribution in [0.1, 0.15) is 16.8 Å². The van der Waals surface area contributed by atoms with Crippen molar-refractivity contribution in [2.24, 2.45) is 4.99 Å². The summed E-state index contributed by atoms with van der Waals surface area (Å²) in [5.41, 5.74) is 4.19. The van der Waals surface area contributed by atoms with Crippen molar-refractivity contribution in [3.8, 4) is 11.1 Å². The molecule has 9 heteroatoms. The van der Waals surface area contributed by atoms with Gasteiger partial charge in [-0.2, -0.15) is 5.10 Å². The number of nitrogens with one attached hydrogen (secondary N) is 3. The molecule has 2 aliphatic rings. The molecule has 1 fully saturated rings. The number of aromatic nitrogens is 2. The topological polar surface area (TPSA) is 102 Å². The first-order valence-electron chi connectivity index (χ1n) is 12.1. The molecule has 0 spiro atoms. The minimum atomic E-state index is -0.340. The molecule has 0 saturated carbocycles. The third kappa shape index (κ3) is 4.61. The van der Waals surface area contributed by atoms with Gasteiger partial charge >= 0.3 is 6.03 Å². The number of likely N-dealkylation sites (N-methyl/N-ethyl adjacent to an activating group) is 1. The molecular formula is C28H25FN6O2. The molecule has 37 heavy (non-hydrogen) atoms. The maximum absolute atomic E-state index is 14.9. The predicted molar refractivity (Wildman–Crippen MR) is 141 cm³/mol. The van der Waals surface area contributed by atoms with Crippen molar-refractivity contribution in [3.63, 3.8) is 0 Å². The summed E-state index contributed by atoms with van der Waals surface area (Å²) in [7, 11) is 2.01. The lowest BCUT2D eigenvalue weighted by molar-refractivity contribution is 0.163. The van der Waals surface area contributed by atoms with Crippen molar-refractivity contribution < 1.29 is 9.18 Å². The van der Waals surface area contributed by atoms with E-state index in [4.69, 9.17) is 0 Å². The van der Waals surface area contributed by atoms with E-state index in [9.17, 15) is 14.0 Å². The number of hydrogen-bond acceptors (Lipinski definition) is 5. The van der Waals surface area contributed by atoms with Gasteiger partial charge in [0.25, 0.3) is 5.56 Å². The van der Waals surface area contributed by atoms with Crippen molar-refractivity contribution in [1.82, 2.24) is 25.7 Å². The highest BCUT2D eigenvalue weighted by Gasteiger charge is 2.25. The molecule has 3 heterocycles. The van der Waals surface area contributed by atoms with Crippen LogP contribution in [0.2, 0.25) is 0 Å². The minimum Gasteiger partial charge on any atom is -0.333 e.